The number of aliphatic imine (C=N–C) groups is 1. The van der Waals surface area contributed by atoms with E-state index in [-0.39, 0.29) is 6.04 Å². The normalized spacial score (nSPS) is 21.4. The SMILES string of the molecule is CN=C(NCC(C)c1ccsc1)NC1CCN(CC(F)(F)F)C1. The molecular weight excluding hydrogens is 325 g/mol. The zero-order chi connectivity index (χ0) is 16.9. The predicted octanol–water partition coefficient (Wildman–Crippen LogP) is 2.65. The van der Waals surface area contributed by atoms with Crippen molar-refractivity contribution in [2.45, 2.75) is 31.5 Å². The first-order valence-electron chi connectivity index (χ1n) is 7.66. The molecule has 2 N–H and O–H groups in total. The molecule has 8 heteroatoms. The standard InChI is InChI=1S/C15H23F3N4S/c1-11(12-4-6-23-9-12)7-20-14(19-2)21-13-3-5-22(8-13)10-15(16,17)18/h4,6,9,11,13H,3,5,7-8,10H2,1-2H3,(H2,19,20,21). The molecule has 0 bridgehead atoms. The Bertz CT molecular complexity index is 501. The molecule has 130 valence electrons. The van der Waals surface area contributed by atoms with Crippen LogP contribution in [0.1, 0.15) is 24.8 Å². The van der Waals surface area contributed by atoms with Gasteiger partial charge in [-0.2, -0.15) is 24.5 Å². The number of halogens is 3. The fraction of sp³-hybridized carbons (Fsp3) is 0.667. The molecule has 2 heterocycles. The Morgan fingerprint density at radius 3 is 2.91 bits per heavy atom. The molecule has 2 unspecified atom stereocenters. The minimum absolute atomic E-state index is 0.00000336. The van der Waals surface area contributed by atoms with E-state index in [2.05, 4.69) is 34.0 Å². The van der Waals surface area contributed by atoms with Gasteiger partial charge in [0.1, 0.15) is 0 Å². The number of hydrogen-bond acceptors (Lipinski definition) is 3. The van der Waals surface area contributed by atoms with Crippen molar-refractivity contribution in [3.05, 3.63) is 22.4 Å². The molecule has 0 aromatic carbocycles. The van der Waals surface area contributed by atoms with Gasteiger partial charge in [0.15, 0.2) is 5.96 Å². The van der Waals surface area contributed by atoms with Gasteiger partial charge in [0.05, 0.1) is 6.54 Å². The number of rotatable bonds is 5. The first-order chi connectivity index (χ1) is 10.9. The van der Waals surface area contributed by atoms with Crippen molar-refractivity contribution in [2.24, 2.45) is 4.99 Å². The third-order valence-corrected chi connectivity index (χ3v) is 4.63. The van der Waals surface area contributed by atoms with Gasteiger partial charge < -0.3 is 10.6 Å². The number of guanidine groups is 1. The van der Waals surface area contributed by atoms with E-state index in [1.807, 2.05) is 5.38 Å². The molecule has 0 amide bonds. The van der Waals surface area contributed by atoms with Crippen LogP contribution in [0.15, 0.2) is 21.8 Å². The molecule has 1 saturated heterocycles. The van der Waals surface area contributed by atoms with Crippen LogP contribution in [0.25, 0.3) is 0 Å². The Labute approximate surface area is 138 Å². The Balaban J connectivity index is 1.75. The van der Waals surface area contributed by atoms with E-state index >= 15 is 0 Å². The minimum atomic E-state index is -4.13. The summed E-state index contributed by atoms with van der Waals surface area (Å²) in [5.41, 5.74) is 1.27. The average molecular weight is 348 g/mol. The molecule has 4 nitrogen and oxygen atoms in total. The number of thiophene rings is 1. The summed E-state index contributed by atoms with van der Waals surface area (Å²) in [6.45, 7) is 2.87. The average Bonchev–Trinajstić information content (AvgIpc) is 3.13. The Hall–Kier alpha value is -1.28. The fourth-order valence-corrected chi connectivity index (χ4v) is 3.44. The summed E-state index contributed by atoms with van der Waals surface area (Å²) in [7, 11) is 1.67. The highest BCUT2D eigenvalue weighted by Crippen LogP contribution is 2.20. The molecular formula is C15H23F3N4S. The molecule has 0 aliphatic carbocycles. The van der Waals surface area contributed by atoms with E-state index in [1.165, 1.54) is 10.5 Å². The Kier molecular flexibility index (Phi) is 6.29. The third kappa shape index (κ3) is 6.02. The zero-order valence-electron chi connectivity index (χ0n) is 13.4. The second-order valence-electron chi connectivity index (χ2n) is 5.89. The van der Waals surface area contributed by atoms with Crippen LogP contribution in [-0.4, -0.2) is 56.3 Å². The molecule has 2 atom stereocenters. The second kappa shape index (κ2) is 8.01. The summed E-state index contributed by atoms with van der Waals surface area (Å²) in [5.74, 6) is 0.996. The maximum atomic E-state index is 12.4. The van der Waals surface area contributed by atoms with Crippen molar-refractivity contribution in [2.75, 3.05) is 33.2 Å². The van der Waals surface area contributed by atoms with Crippen LogP contribution in [0.3, 0.4) is 0 Å². The highest BCUT2D eigenvalue weighted by Gasteiger charge is 2.34. The van der Waals surface area contributed by atoms with Gasteiger partial charge in [0.25, 0.3) is 0 Å². The van der Waals surface area contributed by atoms with Crippen LogP contribution in [-0.2, 0) is 0 Å². The van der Waals surface area contributed by atoms with Crippen molar-refractivity contribution in [3.8, 4) is 0 Å². The molecule has 0 radical (unpaired) electrons. The topological polar surface area (TPSA) is 39.7 Å². The monoisotopic (exact) mass is 348 g/mol. The maximum absolute atomic E-state index is 12.4. The quantitative estimate of drug-likeness (QED) is 0.635. The summed E-state index contributed by atoms with van der Waals surface area (Å²) in [6.07, 6.45) is -3.44. The van der Waals surface area contributed by atoms with Crippen molar-refractivity contribution in [1.29, 1.82) is 0 Å². The fourth-order valence-electron chi connectivity index (χ4n) is 2.66. The first-order valence-corrected chi connectivity index (χ1v) is 8.60. The van der Waals surface area contributed by atoms with E-state index in [9.17, 15) is 13.2 Å². The number of hydrogen-bond donors (Lipinski definition) is 2. The van der Waals surface area contributed by atoms with Gasteiger partial charge in [-0.25, -0.2) is 0 Å². The number of nitrogens with zero attached hydrogens (tertiary/aromatic N) is 2. The molecule has 1 aromatic rings. The van der Waals surface area contributed by atoms with E-state index < -0.39 is 12.7 Å². The van der Waals surface area contributed by atoms with Crippen LogP contribution in [0.5, 0.6) is 0 Å². The summed E-state index contributed by atoms with van der Waals surface area (Å²) >= 11 is 1.67. The van der Waals surface area contributed by atoms with Gasteiger partial charge in [0.2, 0.25) is 0 Å². The van der Waals surface area contributed by atoms with Crippen LogP contribution in [0.2, 0.25) is 0 Å². The van der Waals surface area contributed by atoms with Crippen LogP contribution in [0, 0.1) is 0 Å². The van der Waals surface area contributed by atoms with E-state index in [1.54, 1.807) is 18.4 Å². The highest BCUT2D eigenvalue weighted by molar-refractivity contribution is 7.07. The van der Waals surface area contributed by atoms with E-state index in [0.29, 0.717) is 31.4 Å². The first kappa shape index (κ1) is 18.1. The molecule has 1 aliphatic rings. The van der Waals surface area contributed by atoms with Gasteiger partial charge in [-0.1, -0.05) is 6.92 Å². The lowest BCUT2D eigenvalue weighted by molar-refractivity contribution is -0.143. The smallest absolute Gasteiger partial charge is 0.356 e. The zero-order valence-corrected chi connectivity index (χ0v) is 14.2. The largest absolute Gasteiger partial charge is 0.401 e. The van der Waals surface area contributed by atoms with Crippen molar-refractivity contribution in [3.63, 3.8) is 0 Å². The van der Waals surface area contributed by atoms with E-state index in [0.717, 1.165) is 6.54 Å². The van der Waals surface area contributed by atoms with E-state index in [4.69, 9.17) is 0 Å². The summed E-state index contributed by atoms with van der Waals surface area (Å²) in [6, 6.07) is 2.10. The molecule has 1 aliphatic heterocycles. The molecule has 1 aromatic heterocycles. The molecule has 23 heavy (non-hydrogen) atoms. The van der Waals surface area contributed by atoms with Gasteiger partial charge >= 0.3 is 6.18 Å². The van der Waals surface area contributed by atoms with Crippen molar-refractivity contribution in [1.82, 2.24) is 15.5 Å². The Morgan fingerprint density at radius 2 is 2.30 bits per heavy atom. The van der Waals surface area contributed by atoms with Gasteiger partial charge in [-0.15, -0.1) is 0 Å². The number of alkyl halides is 3. The number of nitrogens with one attached hydrogen (secondary N) is 2. The molecule has 2 rings (SSSR count). The van der Waals surface area contributed by atoms with Gasteiger partial charge in [0, 0.05) is 32.7 Å². The molecule has 0 saturated carbocycles. The van der Waals surface area contributed by atoms with Crippen LogP contribution in [0.4, 0.5) is 13.2 Å². The summed E-state index contributed by atoms with van der Waals surface area (Å²) in [5, 5.41) is 10.6. The minimum Gasteiger partial charge on any atom is -0.356 e. The summed E-state index contributed by atoms with van der Waals surface area (Å²) < 4.78 is 37.2. The Morgan fingerprint density at radius 1 is 1.52 bits per heavy atom. The van der Waals surface area contributed by atoms with Gasteiger partial charge in [-0.05, 0) is 34.7 Å². The van der Waals surface area contributed by atoms with Crippen LogP contribution >= 0.6 is 11.3 Å². The van der Waals surface area contributed by atoms with Crippen molar-refractivity contribution < 1.29 is 13.2 Å². The van der Waals surface area contributed by atoms with Crippen LogP contribution < -0.4 is 10.6 Å². The lowest BCUT2D eigenvalue weighted by Gasteiger charge is -2.20. The third-order valence-electron chi connectivity index (χ3n) is 3.93. The lowest BCUT2D eigenvalue weighted by atomic mass is 10.1. The number of likely N-dealkylation sites (tertiary alicyclic amines) is 1. The molecule has 0 spiro atoms. The van der Waals surface area contributed by atoms with Crippen molar-refractivity contribution >= 4 is 17.3 Å². The predicted molar refractivity (Wildman–Crippen MR) is 88.1 cm³/mol. The second-order valence-corrected chi connectivity index (χ2v) is 6.67. The lowest BCUT2D eigenvalue weighted by Crippen LogP contribution is -2.46. The molecule has 1 fully saturated rings. The summed E-state index contributed by atoms with van der Waals surface area (Å²) in [4.78, 5) is 5.59. The van der Waals surface area contributed by atoms with Gasteiger partial charge in [-0.3, -0.25) is 9.89 Å². The highest BCUT2D eigenvalue weighted by atomic mass is 32.1. The maximum Gasteiger partial charge on any atom is 0.401 e.